The molecule has 0 bridgehead atoms. The molecule has 1 aliphatic rings. The number of rotatable bonds is 12. The van der Waals surface area contributed by atoms with Gasteiger partial charge in [-0.3, -0.25) is 4.79 Å². The van der Waals surface area contributed by atoms with Gasteiger partial charge < -0.3 is 19.9 Å². The van der Waals surface area contributed by atoms with Gasteiger partial charge in [0.05, 0.1) is 23.7 Å². The first-order chi connectivity index (χ1) is 24.2. The Balaban J connectivity index is 1.22. The number of carbonyl (C=O) groups excluding carboxylic acids is 1. The van der Waals surface area contributed by atoms with Gasteiger partial charge in [0, 0.05) is 41.3 Å². The number of hydrogen-bond acceptors (Lipinski definition) is 7. The molecule has 6 rings (SSSR count). The third-order valence-electron chi connectivity index (χ3n) is 8.65. The van der Waals surface area contributed by atoms with E-state index < -0.39 is 16.3 Å². The van der Waals surface area contributed by atoms with Crippen molar-refractivity contribution in [1.82, 2.24) is 4.72 Å². The molecule has 8 nitrogen and oxygen atoms in total. The number of anilines is 1. The van der Waals surface area contributed by atoms with Gasteiger partial charge >= 0.3 is 0 Å². The quantitative estimate of drug-likeness (QED) is 0.113. The van der Waals surface area contributed by atoms with Crippen molar-refractivity contribution in [2.24, 2.45) is 5.92 Å². The van der Waals surface area contributed by atoms with Crippen molar-refractivity contribution in [2.45, 2.75) is 55.3 Å². The van der Waals surface area contributed by atoms with Crippen molar-refractivity contribution in [2.75, 3.05) is 11.1 Å². The molecular weight excluding hydrogens is 669 g/mol. The molecule has 0 aliphatic carbocycles. The lowest BCUT2D eigenvalue weighted by Gasteiger charge is -2.41. The van der Waals surface area contributed by atoms with Gasteiger partial charge in [0.1, 0.15) is 0 Å². The molecule has 5 aromatic rings. The van der Waals surface area contributed by atoms with Crippen molar-refractivity contribution in [3.8, 4) is 11.1 Å². The van der Waals surface area contributed by atoms with Gasteiger partial charge in [0.2, 0.25) is 15.9 Å². The Kier molecular flexibility index (Phi) is 11.5. The fraction of sp³-hybridized carbons (Fsp3) is 0.225. The van der Waals surface area contributed by atoms with Crippen LogP contribution in [0.2, 0.25) is 0 Å². The molecule has 0 radical (unpaired) electrons. The minimum atomic E-state index is -3.64. The molecule has 1 saturated heterocycles. The highest BCUT2D eigenvalue weighted by Gasteiger charge is 2.38. The van der Waals surface area contributed by atoms with Crippen LogP contribution in [0, 0.1) is 5.92 Å². The average Bonchev–Trinajstić information content (AvgIpc) is 3.14. The summed E-state index contributed by atoms with van der Waals surface area (Å²) in [5.74, 6) is 0.603. The summed E-state index contributed by atoms with van der Waals surface area (Å²) in [6.07, 6.45) is -1.04. The fourth-order valence-corrected chi connectivity index (χ4v) is 8.02. The van der Waals surface area contributed by atoms with Gasteiger partial charge in [-0.25, -0.2) is 13.1 Å². The van der Waals surface area contributed by atoms with Gasteiger partial charge in [-0.05, 0) is 76.3 Å². The predicted octanol–water partition coefficient (Wildman–Crippen LogP) is 7.87. The van der Waals surface area contributed by atoms with Crippen LogP contribution < -0.4 is 10.0 Å². The molecule has 50 heavy (non-hydrogen) atoms. The van der Waals surface area contributed by atoms with Crippen LogP contribution in [0.25, 0.3) is 11.1 Å². The molecule has 1 fully saturated rings. The Morgan fingerprint density at radius 1 is 0.780 bits per heavy atom. The molecular formula is C40H40N2O6S2. The third kappa shape index (κ3) is 8.89. The molecule has 4 atom stereocenters. The van der Waals surface area contributed by atoms with Crippen LogP contribution in [-0.2, 0) is 37.4 Å². The highest BCUT2D eigenvalue weighted by atomic mass is 32.2. The Labute approximate surface area is 297 Å². The zero-order chi connectivity index (χ0) is 35.1. The van der Waals surface area contributed by atoms with E-state index in [4.69, 9.17) is 9.47 Å². The zero-order valence-corrected chi connectivity index (χ0v) is 29.5. The number of benzene rings is 5. The number of thioether (sulfide) groups is 1. The van der Waals surface area contributed by atoms with E-state index in [9.17, 15) is 18.3 Å². The van der Waals surface area contributed by atoms with Crippen LogP contribution in [0.15, 0.2) is 137 Å². The van der Waals surface area contributed by atoms with Crippen LogP contribution >= 0.6 is 11.8 Å². The number of sulfonamides is 1. The molecule has 1 heterocycles. The van der Waals surface area contributed by atoms with Crippen molar-refractivity contribution < 1.29 is 27.8 Å². The van der Waals surface area contributed by atoms with E-state index in [0.717, 1.165) is 44.0 Å². The molecule has 0 spiro atoms. The van der Waals surface area contributed by atoms with Crippen molar-refractivity contribution in [1.29, 1.82) is 0 Å². The third-order valence-corrected chi connectivity index (χ3v) is 11.2. The number of aliphatic hydroxyl groups excluding tert-OH is 1. The highest BCUT2D eigenvalue weighted by molar-refractivity contribution is 7.99. The first-order valence-corrected chi connectivity index (χ1v) is 18.9. The van der Waals surface area contributed by atoms with Crippen LogP contribution in [-0.4, -0.2) is 31.3 Å². The van der Waals surface area contributed by atoms with Crippen LogP contribution in [0.1, 0.15) is 48.5 Å². The Hall–Kier alpha value is -4.29. The smallest absolute Gasteiger partial charge is 0.240 e. The summed E-state index contributed by atoms with van der Waals surface area (Å²) < 4.78 is 41.7. The Bertz CT molecular complexity index is 2000. The molecule has 10 heteroatoms. The summed E-state index contributed by atoms with van der Waals surface area (Å²) in [6, 6.07) is 39.8. The van der Waals surface area contributed by atoms with Gasteiger partial charge in [-0.2, -0.15) is 0 Å². The van der Waals surface area contributed by atoms with Crippen molar-refractivity contribution in [3.63, 3.8) is 0 Å². The number of aliphatic hydroxyl groups is 1. The first kappa shape index (κ1) is 35.5. The average molecular weight is 709 g/mol. The summed E-state index contributed by atoms with van der Waals surface area (Å²) in [5.41, 5.74) is 6.20. The number of hydrogen-bond donors (Lipinski definition) is 3. The van der Waals surface area contributed by atoms with Gasteiger partial charge in [0.25, 0.3) is 0 Å². The molecule has 0 saturated carbocycles. The van der Waals surface area contributed by atoms with Crippen LogP contribution in [0.3, 0.4) is 0 Å². The van der Waals surface area contributed by atoms with E-state index in [1.807, 2.05) is 91.0 Å². The van der Waals surface area contributed by atoms with Crippen LogP contribution in [0.4, 0.5) is 5.69 Å². The fourth-order valence-electron chi connectivity index (χ4n) is 5.91. The maximum absolute atomic E-state index is 12.8. The van der Waals surface area contributed by atoms with Gasteiger partial charge in [-0.1, -0.05) is 85.8 Å². The van der Waals surface area contributed by atoms with Gasteiger partial charge in [0.15, 0.2) is 6.29 Å². The predicted molar refractivity (Wildman–Crippen MR) is 197 cm³/mol. The normalized spacial score (nSPS) is 19.2. The minimum absolute atomic E-state index is 0.0249. The Morgan fingerprint density at radius 2 is 1.48 bits per heavy atom. The second-order valence-corrected chi connectivity index (χ2v) is 15.2. The maximum Gasteiger partial charge on any atom is 0.240 e. The lowest BCUT2D eigenvalue weighted by Crippen LogP contribution is -2.38. The number of nitrogens with one attached hydrogen (secondary N) is 2. The van der Waals surface area contributed by atoms with Crippen molar-refractivity contribution in [3.05, 3.63) is 150 Å². The maximum atomic E-state index is 12.8. The topological polar surface area (TPSA) is 114 Å². The SMILES string of the molecule is CC(=O)Nc1ccc(SC[C@@H]2O[C@H](c3cccc(-c4cccc(CNS(=O)(=O)c5ccccc5)c4)c3)O[C@H](c3ccc(CO)cc3)[C@@H]2C)cc1. The molecule has 1 aliphatic heterocycles. The summed E-state index contributed by atoms with van der Waals surface area (Å²) in [5, 5.41) is 12.4. The van der Waals surface area contributed by atoms with E-state index >= 15 is 0 Å². The van der Waals surface area contributed by atoms with Crippen LogP contribution in [0.5, 0.6) is 0 Å². The molecule has 258 valence electrons. The second-order valence-electron chi connectivity index (χ2n) is 12.3. The minimum Gasteiger partial charge on any atom is -0.392 e. The van der Waals surface area contributed by atoms with E-state index in [0.29, 0.717) is 5.75 Å². The highest BCUT2D eigenvalue weighted by Crippen LogP contribution is 2.43. The lowest BCUT2D eigenvalue weighted by molar-refractivity contribution is -0.268. The van der Waals surface area contributed by atoms with E-state index in [1.54, 1.807) is 42.1 Å². The molecule has 3 N–H and O–H groups in total. The molecule has 0 unspecified atom stereocenters. The second kappa shape index (κ2) is 16.2. The lowest BCUT2D eigenvalue weighted by atomic mass is 9.91. The summed E-state index contributed by atoms with van der Waals surface area (Å²) >= 11 is 1.69. The number of ether oxygens (including phenoxy) is 2. The number of carbonyl (C=O) groups is 1. The number of amides is 1. The molecule has 1 amide bonds. The standard InChI is InChI=1S/C40H40N2O6S2/c1-27-38(26-49-36-20-18-35(19-21-36)42-28(2)44)47-40(48-39(27)31-16-14-29(25-43)15-17-31)34-11-7-10-33(23-34)32-9-6-8-30(22-32)24-41-50(45,46)37-12-4-3-5-13-37/h3-23,27,38-41,43H,24-26H2,1-2H3,(H,42,44)/t27-,38+,39+,40+/m1/s1. The monoisotopic (exact) mass is 708 g/mol. The summed E-state index contributed by atoms with van der Waals surface area (Å²) in [7, 11) is -3.64. The molecule has 5 aromatic carbocycles. The van der Waals surface area contributed by atoms with Crippen molar-refractivity contribution >= 4 is 33.4 Å². The Morgan fingerprint density at radius 3 is 2.18 bits per heavy atom. The summed E-state index contributed by atoms with van der Waals surface area (Å²) in [4.78, 5) is 12.7. The molecule has 0 aromatic heterocycles. The van der Waals surface area contributed by atoms with Gasteiger partial charge in [-0.15, -0.1) is 11.8 Å². The zero-order valence-electron chi connectivity index (χ0n) is 27.9. The van der Waals surface area contributed by atoms with E-state index in [2.05, 4.69) is 23.0 Å². The van der Waals surface area contributed by atoms with E-state index in [-0.39, 0.29) is 42.1 Å². The first-order valence-electron chi connectivity index (χ1n) is 16.4. The largest absolute Gasteiger partial charge is 0.392 e. The van der Waals surface area contributed by atoms with E-state index in [1.165, 1.54) is 6.92 Å². The summed E-state index contributed by atoms with van der Waals surface area (Å²) in [6.45, 7) is 3.76.